The van der Waals surface area contributed by atoms with Gasteiger partial charge in [0.1, 0.15) is 23.0 Å². The van der Waals surface area contributed by atoms with Crippen molar-refractivity contribution in [1.29, 1.82) is 0 Å². The standard InChI is InChI=1S/C12H19NO5S/c1-9-11(6-10(7-14)18-9)19(15,16)13-4-5-17-8-12(13,2)3/h6,14H,4-5,7-8H2,1-3H3. The third-order valence-electron chi connectivity index (χ3n) is 3.22. The molecule has 1 aromatic rings. The zero-order valence-electron chi connectivity index (χ0n) is 11.3. The summed E-state index contributed by atoms with van der Waals surface area (Å²) in [5.74, 6) is 0.550. The number of aliphatic hydroxyl groups excluding tert-OH is 1. The number of nitrogens with zero attached hydrogens (tertiary/aromatic N) is 1. The van der Waals surface area contributed by atoms with E-state index in [1.54, 1.807) is 6.92 Å². The molecule has 1 aromatic heterocycles. The number of aliphatic hydroxyl groups is 1. The molecule has 1 N–H and O–H groups in total. The van der Waals surface area contributed by atoms with Gasteiger partial charge in [-0.25, -0.2) is 8.42 Å². The topological polar surface area (TPSA) is 80.0 Å². The Morgan fingerprint density at radius 1 is 1.47 bits per heavy atom. The van der Waals surface area contributed by atoms with Crippen molar-refractivity contribution >= 4 is 10.0 Å². The molecule has 0 atom stereocenters. The predicted molar refractivity (Wildman–Crippen MR) is 68.2 cm³/mol. The third kappa shape index (κ3) is 2.55. The Morgan fingerprint density at radius 3 is 2.68 bits per heavy atom. The zero-order valence-corrected chi connectivity index (χ0v) is 12.2. The molecule has 0 amide bonds. The van der Waals surface area contributed by atoms with Gasteiger partial charge in [0, 0.05) is 12.6 Å². The minimum absolute atomic E-state index is 0.117. The summed E-state index contributed by atoms with van der Waals surface area (Å²) in [6, 6.07) is 1.39. The monoisotopic (exact) mass is 289 g/mol. The molecule has 0 radical (unpaired) electrons. The summed E-state index contributed by atoms with van der Waals surface area (Å²) in [5, 5.41) is 9.03. The number of morpholine rings is 1. The highest BCUT2D eigenvalue weighted by Gasteiger charge is 2.41. The number of furan rings is 1. The highest BCUT2D eigenvalue weighted by atomic mass is 32.2. The van der Waals surface area contributed by atoms with Crippen LogP contribution >= 0.6 is 0 Å². The Hall–Kier alpha value is -0.890. The van der Waals surface area contributed by atoms with Crippen LogP contribution in [0.1, 0.15) is 25.4 Å². The van der Waals surface area contributed by atoms with E-state index in [-0.39, 0.29) is 17.3 Å². The average Bonchev–Trinajstić information content (AvgIpc) is 2.70. The first-order valence-corrected chi connectivity index (χ1v) is 7.54. The number of hydrogen-bond acceptors (Lipinski definition) is 5. The Kier molecular flexibility index (Phi) is 3.74. The van der Waals surface area contributed by atoms with Gasteiger partial charge < -0.3 is 14.3 Å². The zero-order chi connectivity index (χ0) is 14.3. The molecular weight excluding hydrogens is 270 g/mol. The van der Waals surface area contributed by atoms with Gasteiger partial charge in [-0.3, -0.25) is 0 Å². The normalized spacial score (nSPS) is 20.6. The molecule has 0 spiro atoms. The first-order chi connectivity index (χ1) is 8.79. The summed E-state index contributed by atoms with van der Waals surface area (Å²) in [7, 11) is -3.64. The van der Waals surface area contributed by atoms with Crippen LogP contribution in [-0.4, -0.2) is 43.1 Å². The van der Waals surface area contributed by atoms with Crippen molar-refractivity contribution in [2.24, 2.45) is 0 Å². The highest BCUT2D eigenvalue weighted by molar-refractivity contribution is 7.89. The summed E-state index contributed by atoms with van der Waals surface area (Å²) < 4.78 is 37.4. The van der Waals surface area contributed by atoms with Gasteiger partial charge >= 0.3 is 0 Å². The summed E-state index contributed by atoms with van der Waals surface area (Å²) in [5.41, 5.74) is -0.597. The van der Waals surface area contributed by atoms with Gasteiger partial charge in [-0.2, -0.15) is 4.31 Å². The second-order valence-electron chi connectivity index (χ2n) is 5.23. The maximum absolute atomic E-state index is 12.7. The third-order valence-corrected chi connectivity index (χ3v) is 5.43. The van der Waals surface area contributed by atoms with E-state index in [9.17, 15) is 8.42 Å². The van der Waals surface area contributed by atoms with Crippen molar-refractivity contribution in [2.45, 2.75) is 37.8 Å². The molecular formula is C12H19NO5S. The van der Waals surface area contributed by atoms with E-state index >= 15 is 0 Å². The van der Waals surface area contributed by atoms with Crippen molar-refractivity contribution in [3.8, 4) is 0 Å². The van der Waals surface area contributed by atoms with Crippen LogP contribution in [0, 0.1) is 6.92 Å². The minimum Gasteiger partial charge on any atom is -0.462 e. The van der Waals surface area contributed by atoms with Crippen molar-refractivity contribution in [1.82, 2.24) is 4.31 Å². The van der Waals surface area contributed by atoms with Crippen LogP contribution in [0.3, 0.4) is 0 Å². The summed E-state index contributed by atoms with van der Waals surface area (Å²) in [4.78, 5) is 0.117. The maximum Gasteiger partial charge on any atom is 0.247 e. The summed E-state index contributed by atoms with van der Waals surface area (Å²) in [6.45, 7) is 5.97. The fraction of sp³-hybridized carbons (Fsp3) is 0.667. The van der Waals surface area contributed by atoms with Crippen LogP contribution in [0.2, 0.25) is 0 Å². The van der Waals surface area contributed by atoms with Gasteiger partial charge in [-0.05, 0) is 20.8 Å². The molecule has 1 saturated heterocycles. The molecule has 0 aliphatic carbocycles. The molecule has 7 heteroatoms. The van der Waals surface area contributed by atoms with Crippen molar-refractivity contribution in [2.75, 3.05) is 19.8 Å². The fourth-order valence-corrected chi connectivity index (χ4v) is 4.21. The van der Waals surface area contributed by atoms with E-state index < -0.39 is 15.6 Å². The van der Waals surface area contributed by atoms with E-state index in [1.165, 1.54) is 10.4 Å². The van der Waals surface area contributed by atoms with Gasteiger partial charge in [0.05, 0.1) is 18.8 Å². The van der Waals surface area contributed by atoms with Crippen molar-refractivity contribution in [3.63, 3.8) is 0 Å². The first kappa shape index (κ1) is 14.5. The van der Waals surface area contributed by atoms with E-state index in [0.717, 1.165) is 0 Å². The van der Waals surface area contributed by atoms with Crippen LogP contribution in [0.25, 0.3) is 0 Å². The summed E-state index contributed by atoms with van der Waals surface area (Å²) in [6.07, 6.45) is 0. The quantitative estimate of drug-likeness (QED) is 0.893. The minimum atomic E-state index is -3.64. The number of ether oxygens (including phenoxy) is 1. The smallest absolute Gasteiger partial charge is 0.247 e. The number of sulfonamides is 1. The van der Waals surface area contributed by atoms with E-state index in [1.807, 2.05) is 13.8 Å². The van der Waals surface area contributed by atoms with E-state index in [4.69, 9.17) is 14.3 Å². The van der Waals surface area contributed by atoms with Crippen LogP contribution in [0.4, 0.5) is 0 Å². The molecule has 1 aliphatic heterocycles. The molecule has 1 aliphatic rings. The molecule has 2 heterocycles. The molecule has 2 rings (SSSR count). The SMILES string of the molecule is Cc1oc(CO)cc1S(=O)(=O)N1CCOCC1(C)C. The molecule has 6 nitrogen and oxygen atoms in total. The average molecular weight is 289 g/mol. The van der Waals surface area contributed by atoms with Gasteiger partial charge in [0.25, 0.3) is 0 Å². The van der Waals surface area contributed by atoms with Crippen LogP contribution in [0.15, 0.2) is 15.4 Å². The molecule has 1 fully saturated rings. The molecule has 0 saturated carbocycles. The van der Waals surface area contributed by atoms with E-state index in [2.05, 4.69) is 0 Å². The molecule has 19 heavy (non-hydrogen) atoms. The predicted octanol–water partition coefficient (Wildman–Crippen LogP) is 0.880. The Bertz CT molecular complexity index is 561. The number of aryl methyl sites for hydroxylation is 1. The largest absolute Gasteiger partial charge is 0.462 e. The highest BCUT2D eigenvalue weighted by Crippen LogP contribution is 2.30. The summed E-state index contributed by atoms with van der Waals surface area (Å²) >= 11 is 0. The van der Waals surface area contributed by atoms with Gasteiger partial charge in [0.15, 0.2) is 0 Å². The molecule has 0 bridgehead atoms. The lowest BCUT2D eigenvalue weighted by Crippen LogP contribution is -2.55. The Morgan fingerprint density at radius 2 is 2.16 bits per heavy atom. The lowest BCUT2D eigenvalue weighted by atomic mass is 10.1. The lowest BCUT2D eigenvalue weighted by Gasteiger charge is -2.40. The van der Waals surface area contributed by atoms with Crippen molar-refractivity contribution < 1.29 is 22.7 Å². The van der Waals surface area contributed by atoms with Crippen LogP contribution in [0.5, 0.6) is 0 Å². The van der Waals surface area contributed by atoms with Gasteiger partial charge in [0.2, 0.25) is 10.0 Å². The Balaban J connectivity index is 2.43. The Labute approximate surface area is 113 Å². The van der Waals surface area contributed by atoms with Gasteiger partial charge in [-0.1, -0.05) is 0 Å². The fourth-order valence-electron chi connectivity index (χ4n) is 2.27. The second-order valence-corrected chi connectivity index (χ2v) is 7.06. The number of rotatable bonds is 3. The second kappa shape index (κ2) is 4.90. The van der Waals surface area contributed by atoms with Gasteiger partial charge in [-0.15, -0.1) is 0 Å². The first-order valence-electron chi connectivity index (χ1n) is 6.10. The number of hydrogen-bond donors (Lipinski definition) is 1. The maximum atomic E-state index is 12.7. The molecule has 0 aromatic carbocycles. The molecule has 108 valence electrons. The van der Waals surface area contributed by atoms with Crippen LogP contribution in [-0.2, 0) is 21.4 Å². The molecule has 0 unspecified atom stereocenters. The van der Waals surface area contributed by atoms with Crippen molar-refractivity contribution in [3.05, 3.63) is 17.6 Å². The van der Waals surface area contributed by atoms with E-state index in [0.29, 0.717) is 25.5 Å². The lowest BCUT2D eigenvalue weighted by molar-refractivity contribution is -0.00774. The van der Waals surface area contributed by atoms with Crippen LogP contribution < -0.4 is 0 Å².